The van der Waals surface area contributed by atoms with E-state index in [2.05, 4.69) is 54.5 Å². The van der Waals surface area contributed by atoms with E-state index in [1.807, 2.05) is 13.1 Å². The van der Waals surface area contributed by atoms with Gasteiger partial charge in [-0.25, -0.2) is 0 Å². The summed E-state index contributed by atoms with van der Waals surface area (Å²) in [4.78, 5) is 4.60. The van der Waals surface area contributed by atoms with Gasteiger partial charge in [0.2, 0.25) is 0 Å². The van der Waals surface area contributed by atoms with Gasteiger partial charge in [-0.05, 0) is 49.5 Å². The smallest absolute Gasteiger partial charge is 0.182 e. The minimum absolute atomic E-state index is 0.218. The number of rotatable bonds is 3. The van der Waals surface area contributed by atoms with E-state index in [0.29, 0.717) is 12.0 Å². The lowest BCUT2D eigenvalue weighted by molar-refractivity contribution is 0.222. The van der Waals surface area contributed by atoms with Gasteiger partial charge in [0.15, 0.2) is 6.19 Å². The molecule has 1 aliphatic carbocycles. The van der Waals surface area contributed by atoms with Crippen LogP contribution < -0.4 is 5.32 Å². The Morgan fingerprint density at radius 3 is 2.38 bits per heavy atom. The molecule has 0 atom stereocenters. The van der Waals surface area contributed by atoms with Gasteiger partial charge >= 0.3 is 0 Å². The molecule has 0 saturated heterocycles. The fourth-order valence-electron chi connectivity index (χ4n) is 3.42. The van der Waals surface area contributed by atoms with Crippen LogP contribution in [0.2, 0.25) is 0 Å². The molecule has 0 spiro atoms. The maximum atomic E-state index is 8.60. The summed E-state index contributed by atoms with van der Waals surface area (Å²) in [5, 5.41) is 11.2. The number of hydrogen-bond acceptors (Lipinski definition) is 2. The van der Waals surface area contributed by atoms with Crippen LogP contribution in [0.25, 0.3) is 0 Å². The van der Waals surface area contributed by atoms with Gasteiger partial charge in [0.1, 0.15) is 5.84 Å². The summed E-state index contributed by atoms with van der Waals surface area (Å²) in [6, 6.07) is 11.2. The molecule has 1 aromatic rings. The molecule has 3 nitrogen and oxygen atoms in total. The van der Waals surface area contributed by atoms with Gasteiger partial charge in [0, 0.05) is 0 Å². The molecule has 0 unspecified atom stereocenters. The summed E-state index contributed by atoms with van der Waals surface area (Å²) in [5.74, 6) is 1.44. The van der Waals surface area contributed by atoms with E-state index >= 15 is 0 Å². The van der Waals surface area contributed by atoms with Crippen LogP contribution in [-0.4, -0.2) is 11.9 Å². The van der Waals surface area contributed by atoms with Crippen molar-refractivity contribution >= 4 is 5.84 Å². The van der Waals surface area contributed by atoms with Crippen LogP contribution in [0, 0.1) is 17.4 Å². The first-order valence-corrected chi connectivity index (χ1v) is 7.79. The average molecular weight is 283 g/mol. The summed E-state index contributed by atoms with van der Waals surface area (Å²) < 4.78 is 0. The minimum atomic E-state index is 0.218. The molecule has 0 amide bonds. The molecule has 0 heterocycles. The third-order valence-electron chi connectivity index (χ3n) is 4.85. The molecule has 0 radical (unpaired) electrons. The highest BCUT2D eigenvalue weighted by Gasteiger charge is 2.34. The highest BCUT2D eigenvalue weighted by atomic mass is 15.0. The Morgan fingerprint density at radius 1 is 1.19 bits per heavy atom. The molecular weight excluding hydrogens is 258 g/mol. The lowest BCUT2D eigenvalue weighted by atomic mass is 9.67. The highest BCUT2D eigenvalue weighted by Crippen LogP contribution is 2.41. The number of benzene rings is 1. The Labute approximate surface area is 128 Å². The first-order valence-electron chi connectivity index (χ1n) is 7.79. The van der Waals surface area contributed by atoms with Crippen molar-refractivity contribution in [3.8, 4) is 6.19 Å². The van der Waals surface area contributed by atoms with E-state index in [1.54, 1.807) is 0 Å². The molecule has 1 saturated carbocycles. The molecule has 0 aromatic heterocycles. The standard InChI is InChI=1S/C18H25N3/c1-14(20-13-19)21-17-11-9-16(10-12-17)18(2,3)15-7-5-4-6-8-15/h4-8,16-17H,9-12H2,1-3H3,(H,20,21). The Kier molecular flexibility index (Phi) is 5.01. The zero-order valence-electron chi connectivity index (χ0n) is 13.3. The molecule has 1 fully saturated rings. The number of aliphatic imine (C=N–C) groups is 1. The van der Waals surface area contributed by atoms with Crippen LogP contribution in [0.4, 0.5) is 0 Å². The summed E-state index contributed by atoms with van der Waals surface area (Å²) in [5.41, 5.74) is 1.65. The summed E-state index contributed by atoms with van der Waals surface area (Å²) >= 11 is 0. The Morgan fingerprint density at radius 2 is 1.81 bits per heavy atom. The molecule has 3 heteroatoms. The second kappa shape index (κ2) is 6.76. The third-order valence-corrected chi connectivity index (χ3v) is 4.85. The summed E-state index contributed by atoms with van der Waals surface area (Å²) in [6.45, 7) is 6.58. The first-order chi connectivity index (χ1) is 10.0. The molecule has 112 valence electrons. The lowest BCUT2D eigenvalue weighted by Gasteiger charge is -2.39. The van der Waals surface area contributed by atoms with Crippen LogP contribution in [0.15, 0.2) is 35.3 Å². The highest BCUT2D eigenvalue weighted by molar-refractivity contribution is 5.80. The second-order valence-corrected chi connectivity index (χ2v) is 6.54. The van der Waals surface area contributed by atoms with Crippen LogP contribution in [-0.2, 0) is 5.41 Å². The number of nitriles is 1. The lowest BCUT2D eigenvalue weighted by Crippen LogP contribution is -2.33. The van der Waals surface area contributed by atoms with Crippen molar-refractivity contribution in [3.63, 3.8) is 0 Å². The van der Waals surface area contributed by atoms with Gasteiger partial charge < -0.3 is 0 Å². The SMILES string of the molecule is CC(=NC1CCC(C(C)(C)c2ccccc2)CC1)NC#N. The normalized spacial score (nSPS) is 23.4. The molecule has 21 heavy (non-hydrogen) atoms. The van der Waals surface area contributed by atoms with Crippen molar-refractivity contribution in [2.24, 2.45) is 10.9 Å². The predicted octanol–water partition coefficient (Wildman–Crippen LogP) is 4.01. The minimum Gasteiger partial charge on any atom is -0.281 e. The van der Waals surface area contributed by atoms with Gasteiger partial charge in [-0.2, -0.15) is 5.26 Å². The van der Waals surface area contributed by atoms with Crippen molar-refractivity contribution in [2.45, 2.75) is 57.9 Å². The van der Waals surface area contributed by atoms with Crippen molar-refractivity contribution in [1.29, 1.82) is 5.26 Å². The topological polar surface area (TPSA) is 48.2 Å². The van der Waals surface area contributed by atoms with Crippen molar-refractivity contribution < 1.29 is 0 Å². The van der Waals surface area contributed by atoms with Gasteiger partial charge in [0.05, 0.1) is 6.04 Å². The Hall–Kier alpha value is -1.82. The van der Waals surface area contributed by atoms with Crippen LogP contribution in [0.5, 0.6) is 0 Å². The number of nitrogens with zero attached hydrogens (tertiary/aromatic N) is 2. The number of hydrogen-bond donors (Lipinski definition) is 1. The monoisotopic (exact) mass is 283 g/mol. The number of amidine groups is 1. The van der Waals surface area contributed by atoms with Crippen molar-refractivity contribution in [1.82, 2.24) is 5.32 Å². The average Bonchev–Trinajstić information content (AvgIpc) is 2.49. The first kappa shape index (κ1) is 15.6. The quantitative estimate of drug-likeness (QED) is 0.394. The Bertz CT molecular complexity index is 517. The van der Waals surface area contributed by atoms with Crippen molar-refractivity contribution in [3.05, 3.63) is 35.9 Å². The van der Waals surface area contributed by atoms with E-state index < -0.39 is 0 Å². The molecule has 1 N–H and O–H groups in total. The molecule has 2 rings (SSSR count). The predicted molar refractivity (Wildman–Crippen MR) is 87.1 cm³/mol. The largest absolute Gasteiger partial charge is 0.281 e. The summed E-state index contributed by atoms with van der Waals surface area (Å²) in [6.07, 6.45) is 6.57. The zero-order valence-corrected chi connectivity index (χ0v) is 13.3. The maximum Gasteiger partial charge on any atom is 0.182 e. The van der Waals surface area contributed by atoms with Gasteiger partial charge in [-0.15, -0.1) is 0 Å². The fourth-order valence-corrected chi connectivity index (χ4v) is 3.42. The third kappa shape index (κ3) is 3.85. The number of nitrogens with one attached hydrogen (secondary N) is 1. The summed E-state index contributed by atoms with van der Waals surface area (Å²) in [7, 11) is 0. The second-order valence-electron chi connectivity index (χ2n) is 6.54. The molecule has 0 aliphatic heterocycles. The van der Waals surface area contributed by atoms with Crippen LogP contribution >= 0.6 is 0 Å². The maximum absolute atomic E-state index is 8.60. The molecule has 1 aliphatic rings. The van der Waals surface area contributed by atoms with Crippen LogP contribution in [0.1, 0.15) is 52.0 Å². The van der Waals surface area contributed by atoms with E-state index in [9.17, 15) is 0 Å². The van der Waals surface area contributed by atoms with Crippen LogP contribution in [0.3, 0.4) is 0 Å². The molecule has 0 bridgehead atoms. The van der Waals surface area contributed by atoms with E-state index in [0.717, 1.165) is 18.7 Å². The molecule has 1 aromatic carbocycles. The van der Waals surface area contributed by atoms with Crippen molar-refractivity contribution in [2.75, 3.05) is 0 Å². The molecular formula is C18H25N3. The zero-order chi connectivity index (χ0) is 15.3. The van der Waals surface area contributed by atoms with Gasteiger partial charge in [0.25, 0.3) is 0 Å². The van der Waals surface area contributed by atoms with E-state index in [4.69, 9.17) is 5.26 Å². The Balaban J connectivity index is 1.98. The van der Waals surface area contributed by atoms with Gasteiger partial charge in [-0.1, -0.05) is 44.2 Å². The fraction of sp³-hybridized carbons (Fsp3) is 0.556. The van der Waals surface area contributed by atoms with E-state index in [1.165, 1.54) is 18.4 Å². The van der Waals surface area contributed by atoms with Gasteiger partial charge in [-0.3, -0.25) is 10.3 Å². The van der Waals surface area contributed by atoms with E-state index in [-0.39, 0.29) is 5.41 Å².